The molecule has 0 bridgehead atoms. The molecule has 1 aliphatic heterocycles. The van der Waals surface area contributed by atoms with Gasteiger partial charge in [0.1, 0.15) is 0 Å². The molecule has 0 spiro atoms. The Morgan fingerprint density at radius 1 is 1.41 bits per heavy atom. The molecule has 1 fully saturated rings. The van der Waals surface area contributed by atoms with Crippen LogP contribution in [-0.2, 0) is 17.4 Å². The van der Waals surface area contributed by atoms with Crippen molar-refractivity contribution >= 4 is 5.91 Å². The predicted octanol–water partition coefficient (Wildman–Crippen LogP) is 0.502. The number of carbonyl (C=O) groups excluding carboxylic acids is 1. The molecule has 1 atom stereocenters. The third-order valence-corrected chi connectivity index (χ3v) is 2.89. The first-order chi connectivity index (χ1) is 7.89. The Hall–Kier alpha value is -1.50. The lowest BCUT2D eigenvalue weighted by molar-refractivity contribution is -0.207. The smallest absolute Gasteiger partial charge is 0.353 e. The van der Waals surface area contributed by atoms with Gasteiger partial charge in [-0.1, -0.05) is 0 Å². The third-order valence-electron chi connectivity index (χ3n) is 2.89. The Bertz CT molecular complexity index is 440. The van der Waals surface area contributed by atoms with Crippen LogP contribution in [0, 0.1) is 0 Å². The maximum absolute atomic E-state index is 13.3. The zero-order chi connectivity index (χ0) is 12.7. The average Bonchev–Trinajstić information content (AvgIpc) is 2.64. The molecule has 94 valence electrons. The number of nitrogens with one attached hydrogen (secondary N) is 2. The van der Waals surface area contributed by atoms with E-state index in [0.29, 0.717) is 0 Å². The Balaban J connectivity index is 2.59. The van der Waals surface area contributed by atoms with E-state index in [4.69, 9.17) is 0 Å². The standard InChI is InChI=1S/C10H12F3N3O/c1-16-6-2-3-7(16)9(10(11,12)13)8(17)14-4-5-15-9/h2-3,6,15H,4-5H2,1H3,(H,14,17)/t9-/m1/s1. The van der Waals surface area contributed by atoms with Crippen LogP contribution in [0.2, 0.25) is 0 Å². The molecule has 0 aliphatic carbocycles. The number of hydrogen-bond acceptors (Lipinski definition) is 2. The molecule has 7 heteroatoms. The van der Waals surface area contributed by atoms with Gasteiger partial charge in [0, 0.05) is 26.3 Å². The molecule has 17 heavy (non-hydrogen) atoms. The van der Waals surface area contributed by atoms with Crippen molar-refractivity contribution in [2.45, 2.75) is 11.7 Å². The topological polar surface area (TPSA) is 46.1 Å². The Morgan fingerprint density at radius 2 is 2.12 bits per heavy atom. The summed E-state index contributed by atoms with van der Waals surface area (Å²) in [6, 6.07) is 2.78. The fraction of sp³-hybridized carbons (Fsp3) is 0.500. The number of rotatable bonds is 1. The van der Waals surface area contributed by atoms with Crippen molar-refractivity contribution in [3.8, 4) is 0 Å². The van der Waals surface area contributed by atoms with Crippen LogP contribution in [0.1, 0.15) is 5.69 Å². The number of hydrogen-bond donors (Lipinski definition) is 2. The number of aryl methyl sites for hydroxylation is 1. The van der Waals surface area contributed by atoms with E-state index < -0.39 is 17.6 Å². The van der Waals surface area contributed by atoms with Crippen molar-refractivity contribution < 1.29 is 18.0 Å². The molecule has 1 saturated heterocycles. The van der Waals surface area contributed by atoms with Crippen LogP contribution < -0.4 is 10.6 Å². The normalized spacial score (nSPS) is 25.8. The summed E-state index contributed by atoms with van der Waals surface area (Å²) in [6.45, 7) is 0.275. The van der Waals surface area contributed by atoms with E-state index in [1.54, 1.807) is 0 Å². The summed E-state index contributed by atoms with van der Waals surface area (Å²) in [4.78, 5) is 11.7. The van der Waals surface area contributed by atoms with Gasteiger partial charge in [0.15, 0.2) is 0 Å². The Kier molecular flexibility index (Phi) is 2.65. The summed E-state index contributed by atoms with van der Waals surface area (Å²) < 4.78 is 41.1. The fourth-order valence-electron chi connectivity index (χ4n) is 2.07. The lowest BCUT2D eigenvalue weighted by Crippen LogP contribution is -2.68. The molecule has 1 aliphatic rings. The quantitative estimate of drug-likeness (QED) is 0.759. The second-order valence-corrected chi connectivity index (χ2v) is 3.93. The number of aromatic nitrogens is 1. The monoisotopic (exact) mass is 247 g/mol. The van der Waals surface area contributed by atoms with E-state index in [-0.39, 0.29) is 18.8 Å². The van der Waals surface area contributed by atoms with Crippen LogP contribution in [0.15, 0.2) is 18.3 Å². The van der Waals surface area contributed by atoms with Crippen LogP contribution in [0.4, 0.5) is 13.2 Å². The zero-order valence-corrected chi connectivity index (χ0v) is 9.14. The van der Waals surface area contributed by atoms with Gasteiger partial charge in [-0.15, -0.1) is 0 Å². The highest BCUT2D eigenvalue weighted by molar-refractivity contribution is 5.89. The molecule has 1 amide bonds. The van der Waals surface area contributed by atoms with Crippen LogP contribution in [-0.4, -0.2) is 29.7 Å². The van der Waals surface area contributed by atoms with Gasteiger partial charge in [-0.05, 0) is 12.1 Å². The highest BCUT2D eigenvalue weighted by atomic mass is 19.4. The van der Waals surface area contributed by atoms with Gasteiger partial charge in [-0.3, -0.25) is 10.1 Å². The number of halogens is 3. The summed E-state index contributed by atoms with van der Waals surface area (Å²) in [6.07, 6.45) is -3.21. The maximum atomic E-state index is 13.3. The van der Waals surface area contributed by atoms with Crippen LogP contribution in [0.3, 0.4) is 0 Å². The Labute approximate surface area is 95.8 Å². The molecule has 0 saturated carbocycles. The second-order valence-electron chi connectivity index (χ2n) is 3.93. The molecule has 0 radical (unpaired) electrons. The van der Waals surface area contributed by atoms with Gasteiger partial charge < -0.3 is 9.88 Å². The summed E-state index contributed by atoms with van der Waals surface area (Å²) in [5.41, 5.74) is -2.76. The molecule has 2 N–H and O–H groups in total. The second kappa shape index (κ2) is 3.76. The third kappa shape index (κ3) is 1.61. The first-order valence-electron chi connectivity index (χ1n) is 5.11. The van der Waals surface area contributed by atoms with E-state index in [1.807, 2.05) is 0 Å². The number of nitrogens with zero attached hydrogens (tertiary/aromatic N) is 1. The average molecular weight is 247 g/mol. The predicted molar refractivity (Wildman–Crippen MR) is 54.2 cm³/mol. The van der Waals surface area contributed by atoms with E-state index in [0.717, 1.165) is 0 Å². The van der Waals surface area contributed by atoms with Gasteiger partial charge in [-0.25, -0.2) is 0 Å². The van der Waals surface area contributed by atoms with E-state index in [2.05, 4.69) is 10.6 Å². The van der Waals surface area contributed by atoms with Gasteiger partial charge in [-0.2, -0.15) is 13.2 Å². The molecule has 1 aromatic rings. The minimum absolute atomic E-state index is 0.0798. The van der Waals surface area contributed by atoms with Gasteiger partial charge in [0.05, 0.1) is 5.69 Å². The molecule has 2 heterocycles. The van der Waals surface area contributed by atoms with Gasteiger partial charge >= 0.3 is 6.18 Å². The van der Waals surface area contributed by atoms with E-state index in [1.165, 1.54) is 29.9 Å². The largest absolute Gasteiger partial charge is 0.421 e. The first-order valence-corrected chi connectivity index (χ1v) is 5.11. The lowest BCUT2D eigenvalue weighted by atomic mass is 9.91. The van der Waals surface area contributed by atoms with Crippen molar-refractivity contribution in [1.82, 2.24) is 15.2 Å². The molecule has 4 nitrogen and oxygen atoms in total. The number of piperazine rings is 1. The number of amides is 1. The highest BCUT2D eigenvalue weighted by Gasteiger charge is 2.63. The van der Waals surface area contributed by atoms with Crippen molar-refractivity contribution in [3.05, 3.63) is 24.0 Å². The maximum Gasteiger partial charge on any atom is 0.421 e. The molecule has 0 unspecified atom stereocenters. The van der Waals surface area contributed by atoms with Crippen molar-refractivity contribution in [2.75, 3.05) is 13.1 Å². The summed E-state index contributed by atoms with van der Waals surface area (Å²) in [7, 11) is 1.48. The van der Waals surface area contributed by atoms with Crippen molar-refractivity contribution in [1.29, 1.82) is 0 Å². The van der Waals surface area contributed by atoms with E-state index >= 15 is 0 Å². The van der Waals surface area contributed by atoms with Gasteiger partial charge in [0.2, 0.25) is 5.54 Å². The number of carbonyl (C=O) groups is 1. The molecule has 0 aromatic carbocycles. The van der Waals surface area contributed by atoms with Crippen LogP contribution in [0.25, 0.3) is 0 Å². The van der Waals surface area contributed by atoms with Gasteiger partial charge in [0.25, 0.3) is 5.91 Å². The van der Waals surface area contributed by atoms with Crippen LogP contribution >= 0.6 is 0 Å². The highest BCUT2D eigenvalue weighted by Crippen LogP contribution is 2.40. The van der Waals surface area contributed by atoms with Crippen molar-refractivity contribution in [3.63, 3.8) is 0 Å². The van der Waals surface area contributed by atoms with Crippen molar-refractivity contribution in [2.24, 2.45) is 7.05 Å². The van der Waals surface area contributed by atoms with E-state index in [9.17, 15) is 18.0 Å². The molecule has 2 rings (SSSR count). The number of alkyl halides is 3. The SMILES string of the molecule is Cn1cccc1[C@@]1(C(F)(F)F)NCCNC1=O. The molecule has 1 aromatic heterocycles. The van der Waals surface area contributed by atoms with Crippen LogP contribution in [0.5, 0.6) is 0 Å². The first kappa shape index (κ1) is 12.0. The Morgan fingerprint density at radius 3 is 2.59 bits per heavy atom. The zero-order valence-electron chi connectivity index (χ0n) is 9.14. The fourth-order valence-corrected chi connectivity index (χ4v) is 2.07. The molecular weight excluding hydrogens is 235 g/mol. The minimum Gasteiger partial charge on any atom is -0.353 e. The summed E-state index contributed by atoms with van der Waals surface area (Å²) >= 11 is 0. The lowest BCUT2D eigenvalue weighted by Gasteiger charge is -2.38. The summed E-state index contributed by atoms with van der Waals surface area (Å²) in [5, 5.41) is 4.57. The minimum atomic E-state index is -4.69. The summed E-state index contributed by atoms with van der Waals surface area (Å²) in [5.74, 6) is -1.06. The molecular formula is C10H12F3N3O.